The molecule has 1 aromatic rings. The van der Waals surface area contributed by atoms with Gasteiger partial charge in [-0.15, -0.1) is 0 Å². The summed E-state index contributed by atoms with van der Waals surface area (Å²) in [5.74, 6) is 0.947. The molecule has 5 heteroatoms. The van der Waals surface area contributed by atoms with E-state index < -0.39 is 0 Å². The van der Waals surface area contributed by atoms with Gasteiger partial charge in [-0.2, -0.15) is 5.10 Å². The summed E-state index contributed by atoms with van der Waals surface area (Å²) in [5.41, 5.74) is 5.92. The first-order valence-electron chi connectivity index (χ1n) is 5.68. The first-order valence-corrected chi connectivity index (χ1v) is 5.68. The summed E-state index contributed by atoms with van der Waals surface area (Å²) in [5, 5.41) is 10.2. The molecular formula is C10H19N5. The van der Waals surface area contributed by atoms with Crippen LogP contribution in [-0.2, 0) is 6.42 Å². The summed E-state index contributed by atoms with van der Waals surface area (Å²) in [6, 6.07) is 0.984. The molecule has 2 atom stereocenters. The van der Waals surface area contributed by atoms with Gasteiger partial charge in [0.25, 0.3) is 0 Å². The van der Waals surface area contributed by atoms with Crippen molar-refractivity contribution in [1.82, 2.24) is 20.5 Å². The Labute approximate surface area is 89.9 Å². The van der Waals surface area contributed by atoms with E-state index in [4.69, 9.17) is 5.73 Å². The molecular weight excluding hydrogens is 190 g/mol. The normalized spacial score (nSPS) is 26.7. The summed E-state index contributed by atoms with van der Waals surface area (Å²) in [4.78, 5) is 4.08. The summed E-state index contributed by atoms with van der Waals surface area (Å²) in [6.45, 7) is 0.951. The maximum Gasteiger partial charge on any atom is 0.137 e. The van der Waals surface area contributed by atoms with E-state index in [1.165, 1.54) is 19.3 Å². The van der Waals surface area contributed by atoms with Gasteiger partial charge in [-0.05, 0) is 19.3 Å². The quantitative estimate of drug-likeness (QED) is 0.662. The minimum absolute atomic E-state index is 0.390. The molecule has 1 saturated carbocycles. The highest BCUT2D eigenvalue weighted by Crippen LogP contribution is 2.16. The van der Waals surface area contributed by atoms with Gasteiger partial charge in [-0.25, -0.2) is 4.98 Å². The Morgan fingerprint density at radius 2 is 2.47 bits per heavy atom. The van der Waals surface area contributed by atoms with Crippen molar-refractivity contribution >= 4 is 0 Å². The summed E-state index contributed by atoms with van der Waals surface area (Å²) < 4.78 is 0. The minimum atomic E-state index is 0.390. The highest BCUT2D eigenvalue weighted by molar-refractivity contribution is 4.84. The number of nitrogens with zero attached hydrogens (tertiary/aromatic N) is 2. The second kappa shape index (κ2) is 5.23. The van der Waals surface area contributed by atoms with Crippen LogP contribution in [0.1, 0.15) is 31.5 Å². The molecule has 15 heavy (non-hydrogen) atoms. The first kappa shape index (κ1) is 10.6. The zero-order valence-electron chi connectivity index (χ0n) is 8.95. The number of nitrogens with one attached hydrogen (secondary N) is 2. The standard InChI is InChI=1S/C10H19N5/c11-8-2-1-3-9(6-8)12-5-4-10-13-7-14-15-10/h7-9,12H,1-6,11H2,(H,13,14,15). The van der Waals surface area contributed by atoms with E-state index in [2.05, 4.69) is 20.5 Å². The lowest BCUT2D eigenvalue weighted by atomic mass is 9.91. The van der Waals surface area contributed by atoms with Gasteiger partial charge in [0.1, 0.15) is 12.2 Å². The van der Waals surface area contributed by atoms with Crippen LogP contribution in [0.15, 0.2) is 6.33 Å². The van der Waals surface area contributed by atoms with Crippen LogP contribution in [0.25, 0.3) is 0 Å². The number of hydrogen-bond acceptors (Lipinski definition) is 4. The van der Waals surface area contributed by atoms with E-state index in [-0.39, 0.29) is 0 Å². The van der Waals surface area contributed by atoms with Crippen LogP contribution in [-0.4, -0.2) is 33.8 Å². The van der Waals surface area contributed by atoms with Crippen LogP contribution in [0, 0.1) is 0 Å². The van der Waals surface area contributed by atoms with Gasteiger partial charge < -0.3 is 11.1 Å². The van der Waals surface area contributed by atoms with E-state index in [9.17, 15) is 0 Å². The third kappa shape index (κ3) is 3.28. The van der Waals surface area contributed by atoms with Crippen molar-refractivity contribution in [3.8, 4) is 0 Å². The predicted molar refractivity (Wildman–Crippen MR) is 58.3 cm³/mol. The molecule has 0 radical (unpaired) electrons. The largest absolute Gasteiger partial charge is 0.328 e. The van der Waals surface area contributed by atoms with Crippen molar-refractivity contribution in [2.24, 2.45) is 5.73 Å². The Balaban J connectivity index is 1.65. The van der Waals surface area contributed by atoms with Gasteiger partial charge in [0.2, 0.25) is 0 Å². The molecule has 1 fully saturated rings. The molecule has 84 valence electrons. The number of H-pyrrole nitrogens is 1. The van der Waals surface area contributed by atoms with Crippen LogP contribution >= 0.6 is 0 Å². The Kier molecular flexibility index (Phi) is 3.69. The molecule has 0 saturated heterocycles. The minimum Gasteiger partial charge on any atom is -0.328 e. The number of nitrogens with two attached hydrogens (primary N) is 1. The Hall–Kier alpha value is -0.940. The molecule has 1 heterocycles. The number of hydrogen-bond donors (Lipinski definition) is 3. The molecule has 1 aliphatic rings. The van der Waals surface area contributed by atoms with Crippen molar-refractivity contribution < 1.29 is 0 Å². The first-order chi connectivity index (χ1) is 7.34. The molecule has 1 aliphatic carbocycles. The van der Waals surface area contributed by atoms with Crippen molar-refractivity contribution in [3.05, 3.63) is 12.2 Å². The molecule has 0 aromatic carbocycles. The lowest BCUT2D eigenvalue weighted by Crippen LogP contribution is -2.40. The number of aromatic amines is 1. The van der Waals surface area contributed by atoms with E-state index in [0.29, 0.717) is 12.1 Å². The Morgan fingerprint density at radius 1 is 1.53 bits per heavy atom. The fourth-order valence-corrected chi connectivity index (χ4v) is 2.16. The van der Waals surface area contributed by atoms with Gasteiger partial charge in [-0.3, -0.25) is 5.10 Å². The number of aromatic nitrogens is 3. The molecule has 0 bridgehead atoms. The second-order valence-corrected chi connectivity index (χ2v) is 4.26. The topological polar surface area (TPSA) is 79.6 Å². The molecule has 0 spiro atoms. The number of rotatable bonds is 4. The van der Waals surface area contributed by atoms with Crippen molar-refractivity contribution in [1.29, 1.82) is 0 Å². The molecule has 1 aromatic heterocycles. The van der Waals surface area contributed by atoms with Gasteiger partial charge in [0.05, 0.1) is 0 Å². The maximum atomic E-state index is 5.92. The third-order valence-corrected chi connectivity index (χ3v) is 2.97. The van der Waals surface area contributed by atoms with Gasteiger partial charge in [-0.1, -0.05) is 6.42 Å². The highest BCUT2D eigenvalue weighted by atomic mass is 15.2. The van der Waals surface area contributed by atoms with E-state index >= 15 is 0 Å². The Morgan fingerprint density at radius 3 is 3.20 bits per heavy atom. The predicted octanol–water partition coefficient (Wildman–Crippen LogP) is 0.207. The molecule has 5 nitrogen and oxygen atoms in total. The maximum absolute atomic E-state index is 5.92. The summed E-state index contributed by atoms with van der Waals surface area (Å²) >= 11 is 0. The molecule has 2 rings (SSSR count). The average Bonchev–Trinajstić information content (AvgIpc) is 2.71. The van der Waals surface area contributed by atoms with Crippen LogP contribution in [0.3, 0.4) is 0 Å². The molecule has 4 N–H and O–H groups in total. The second-order valence-electron chi connectivity index (χ2n) is 4.26. The van der Waals surface area contributed by atoms with Crippen LogP contribution < -0.4 is 11.1 Å². The van der Waals surface area contributed by atoms with Crippen molar-refractivity contribution in [3.63, 3.8) is 0 Å². The van der Waals surface area contributed by atoms with Gasteiger partial charge >= 0.3 is 0 Å². The monoisotopic (exact) mass is 209 g/mol. The van der Waals surface area contributed by atoms with Gasteiger partial charge in [0, 0.05) is 25.0 Å². The molecule has 0 amide bonds. The smallest absolute Gasteiger partial charge is 0.137 e. The third-order valence-electron chi connectivity index (χ3n) is 2.97. The molecule has 0 aliphatic heterocycles. The van der Waals surface area contributed by atoms with E-state index in [1.807, 2.05) is 0 Å². The Bertz CT molecular complexity index is 271. The molecule has 2 unspecified atom stereocenters. The van der Waals surface area contributed by atoms with Crippen molar-refractivity contribution in [2.75, 3.05) is 6.54 Å². The average molecular weight is 209 g/mol. The fraction of sp³-hybridized carbons (Fsp3) is 0.800. The lowest BCUT2D eigenvalue weighted by molar-refractivity contribution is 0.340. The van der Waals surface area contributed by atoms with Crippen LogP contribution in [0.4, 0.5) is 0 Å². The SMILES string of the molecule is NC1CCCC(NCCc2ncn[nH]2)C1. The van der Waals surface area contributed by atoms with E-state index in [1.54, 1.807) is 6.33 Å². The summed E-state index contributed by atoms with van der Waals surface area (Å²) in [6.07, 6.45) is 7.25. The summed E-state index contributed by atoms with van der Waals surface area (Å²) in [7, 11) is 0. The van der Waals surface area contributed by atoms with Crippen LogP contribution in [0.5, 0.6) is 0 Å². The lowest BCUT2D eigenvalue weighted by Gasteiger charge is -2.27. The van der Waals surface area contributed by atoms with Gasteiger partial charge in [0.15, 0.2) is 0 Å². The highest BCUT2D eigenvalue weighted by Gasteiger charge is 2.18. The van der Waals surface area contributed by atoms with Crippen LogP contribution in [0.2, 0.25) is 0 Å². The van der Waals surface area contributed by atoms with Crippen molar-refractivity contribution in [2.45, 2.75) is 44.2 Å². The fourth-order valence-electron chi connectivity index (χ4n) is 2.16. The zero-order valence-corrected chi connectivity index (χ0v) is 8.95. The zero-order chi connectivity index (χ0) is 10.5. The van der Waals surface area contributed by atoms with E-state index in [0.717, 1.165) is 25.2 Å².